The number of sulfone groups is 1. The Morgan fingerprint density at radius 2 is 2.00 bits per heavy atom. The molecule has 0 spiro atoms. The lowest BCUT2D eigenvalue weighted by Crippen LogP contribution is -2.06. The molecule has 0 saturated heterocycles. The summed E-state index contributed by atoms with van der Waals surface area (Å²) in [6, 6.07) is 8.35. The summed E-state index contributed by atoms with van der Waals surface area (Å²) in [4.78, 5) is 3.93. The normalized spacial score (nSPS) is 11.4. The van der Waals surface area contributed by atoms with E-state index in [0.717, 1.165) is 12.1 Å². The van der Waals surface area contributed by atoms with Gasteiger partial charge in [-0.25, -0.2) is 12.8 Å². The Balaban J connectivity index is 2.34. The number of aromatic nitrogens is 1. The summed E-state index contributed by atoms with van der Waals surface area (Å²) in [5, 5.41) is -0.211. The highest BCUT2D eigenvalue weighted by Crippen LogP contribution is 2.21. The van der Waals surface area contributed by atoms with Crippen LogP contribution in [-0.4, -0.2) is 13.4 Å². The third-order valence-electron chi connectivity index (χ3n) is 2.31. The molecule has 3 nitrogen and oxygen atoms in total. The van der Waals surface area contributed by atoms with Crippen LogP contribution in [0.3, 0.4) is 0 Å². The number of hydrogen-bond donors (Lipinski definition) is 0. The van der Waals surface area contributed by atoms with Gasteiger partial charge in [0.25, 0.3) is 0 Å². The first-order chi connectivity index (χ1) is 8.49. The molecule has 0 aliphatic rings. The van der Waals surface area contributed by atoms with E-state index in [1.807, 2.05) is 0 Å². The number of nitrogens with zero attached hydrogens (tertiary/aromatic N) is 1. The number of rotatable bonds is 3. The van der Waals surface area contributed by atoms with E-state index in [9.17, 15) is 12.8 Å². The standard InChI is InChI=1S/C12H9ClFNO2S/c13-11-7-10(4-5-12(11)14)18(16,17)8-9-3-1-2-6-15-9/h1-7H,8H2. The Morgan fingerprint density at radius 3 is 2.61 bits per heavy atom. The summed E-state index contributed by atoms with van der Waals surface area (Å²) in [6.45, 7) is 0. The van der Waals surface area contributed by atoms with Crippen LogP contribution < -0.4 is 0 Å². The quantitative estimate of drug-likeness (QED) is 0.815. The minimum Gasteiger partial charge on any atom is -0.260 e. The first-order valence-electron chi connectivity index (χ1n) is 5.07. The van der Waals surface area contributed by atoms with Crippen LogP contribution in [-0.2, 0) is 15.6 Å². The van der Waals surface area contributed by atoms with Crippen molar-refractivity contribution in [3.05, 3.63) is 59.1 Å². The summed E-state index contributed by atoms with van der Waals surface area (Å²) in [5.74, 6) is -0.885. The van der Waals surface area contributed by atoms with Gasteiger partial charge in [-0.2, -0.15) is 0 Å². The van der Waals surface area contributed by atoms with E-state index in [1.54, 1.807) is 18.2 Å². The molecule has 0 bridgehead atoms. The van der Waals surface area contributed by atoms with Crippen LogP contribution in [0.1, 0.15) is 5.69 Å². The molecule has 2 rings (SSSR count). The molecule has 0 aliphatic carbocycles. The van der Waals surface area contributed by atoms with Crippen molar-refractivity contribution < 1.29 is 12.8 Å². The summed E-state index contributed by atoms with van der Waals surface area (Å²) in [5.41, 5.74) is 0.429. The van der Waals surface area contributed by atoms with Crippen LogP contribution in [0, 0.1) is 5.82 Å². The maximum Gasteiger partial charge on any atom is 0.184 e. The van der Waals surface area contributed by atoms with Gasteiger partial charge in [0.1, 0.15) is 5.82 Å². The molecule has 1 aromatic heterocycles. The molecule has 1 aromatic carbocycles. The number of halogens is 2. The van der Waals surface area contributed by atoms with Crippen LogP contribution in [0.25, 0.3) is 0 Å². The lowest BCUT2D eigenvalue weighted by Gasteiger charge is -2.04. The molecule has 0 N–H and O–H groups in total. The fourth-order valence-corrected chi connectivity index (χ4v) is 2.98. The van der Waals surface area contributed by atoms with Crippen LogP contribution in [0.5, 0.6) is 0 Å². The van der Waals surface area contributed by atoms with E-state index in [2.05, 4.69) is 4.98 Å². The first-order valence-corrected chi connectivity index (χ1v) is 7.10. The van der Waals surface area contributed by atoms with Crippen molar-refractivity contribution in [2.75, 3.05) is 0 Å². The van der Waals surface area contributed by atoms with Crippen LogP contribution in [0.4, 0.5) is 4.39 Å². The molecule has 6 heteroatoms. The zero-order valence-corrected chi connectivity index (χ0v) is 10.7. The van der Waals surface area contributed by atoms with Gasteiger partial charge in [-0.3, -0.25) is 4.98 Å². The first kappa shape index (κ1) is 13.0. The Hall–Kier alpha value is -1.46. The maximum absolute atomic E-state index is 13.0. The Bertz CT molecular complexity index is 659. The third kappa shape index (κ3) is 2.86. The second-order valence-corrected chi connectivity index (χ2v) is 6.05. The topological polar surface area (TPSA) is 47.0 Å². The molecule has 1 heterocycles. The minimum atomic E-state index is -3.57. The highest BCUT2D eigenvalue weighted by molar-refractivity contribution is 7.90. The van der Waals surface area contributed by atoms with Gasteiger partial charge in [-0.05, 0) is 30.3 Å². The smallest absolute Gasteiger partial charge is 0.184 e. The summed E-state index contributed by atoms with van der Waals surface area (Å²) in [6.07, 6.45) is 1.52. The highest BCUT2D eigenvalue weighted by Gasteiger charge is 2.17. The summed E-state index contributed by atoms with van der Waals surface area (Å²) >= 11 is 5.57. The van der Waals surface area contributed by atoms with E-state index in [-0.39, 0.29) is 15.7 Å². The van der Waals surface area contributed by atoms with Crippen molar-refractivity contribution in [2.24, 2.45) is 0 Å². The van der Waals surface area contributed by atoms with E-state index in [1.165, 1.54) is 12.3 Å². The fourth-order valence-electron chi connectivity index (χ4n) is 1.43. The van der Waals surface area contributed by atoms with Gasteiger partial charge in [0, 0.05) is 6.20 Å². The molecule has 0 atom stereocenters. The maximum atomic E-state index is 13.0. The van der Waals surface area contributed by atoms with Crippen molar-refractivity contribution in [1.82, 2.24) is 4.98 Å². The van der Waals surface area contributed by atoms with Gasteiger partial charge in [0.15, 0.2) is 9.84 Å². The van der Waals surface area contributed by atoms with Gasteiger partial charge < -0.3 is 0 Å². The number of hydrogen-bond acceptors (Lipinski definition) is 3. The van der Waals surface area contributed by atoms with E-state index < -0.39 is 15.7 Å². The Kier molecular flexibility index (Phi) is 3.63. The van der Waals surface area contributed by atoms with Crippen molar-refractivity contribution in [3.63, 3.8) is 0 Å². The van der Waals surface area contributed by atoms with Crippen molar-refractivity contribution in [3.8, 4) is 0 Å². The van der Waals surface area contributed by atoms with Gasteiger partial charge in [-0.1, -0.05) is 17.7 Å². The lowest BCUT2D eigenvalue weighted by atomic mass is 10.3. The molecule has 0 saturated carbocycles. The Labute approximate surface area is 109 Å². The van der Waals surface area contributed by atoms with Crippen LogP contribution in [0.2, 0.25) is 5.02 Å². The average Bonchev–Trinajstić information content (AvgIpc) is 2.33. The molecule has 2 aromatic rings. The second kappa shape index (κ2) is 5.04. The monoisotopic (exact) mass is 285 g/mol. The predicted octanol–water partition coefficient (Wildman–Crippen LogP) is 2.85. The number of benzene rings is 1. The largest absolute Gasteiger partial charge is 0.260 e. The zero-order valence-electron chi connectivity index (χ0n) is 9.18. The van der Waals surface area contributed by atoms with Gasteiger partial charge in [0.05, 0.1) is 21.4 Å². The second-order valence-electron chi connectivity index (χ2n) is 3.66. The van der Waals surface area contributed by atoms with E-state index in [4.69, 9.17) is 11.6 Å². The lowest BCUT2D eigenvalue weighted by molar-refractivity contribution is 0.593. The molecule has 0 fully saturated rings. The molecule has 0 unspecified atom stereocenters. The van der Waals surface area contributed by atoms with Crippen LogP contribution in [0.15, 0.2) is 47.5 Å². The van der Waals surface area contributed by atoms with E-state index >= 15 is 0 Å². The average molecular weight is 286 g/mol. The number of pyridine rings is 1. The minimum absolute atomic E-state index is 0.0143. The summed E-state index contributed by atoms with van der Waals surface area (Å²) in [7, 11) is -3.57. The fraction of sp³-hybridized carbons (Fsp3) is 0.0833. The molecule has 0 radical (unpaired) electrons. The molecule has 18 heavy (non-hydrogen) atoms. The summed E-state index contributed by atoms with van der Waals surface area (Å²) < 4.78 is 37.1. The van der Waals surface area contributed by atoms with Crippen molar-refractivity contribution >= 4 is 21.4 Å². The zero-order chi connectivity index (χ0) is 13.2. The highest BCUT2D eigenvalue weighted by atomic mass is 35.5. The van der Waals surface area contributed by atoms with Crippen molar-refractivity contribution in [2.45, 2.75) is 10.6 Å². The molecule has 0 aliphatic heterocycles. The van der Waals surface area contributed by atoms with Crippen LogP contribution >= 0.6 is 11.6 Å². The molecule has 94 valence electrons. The van der Waals surface area contributed by atoms with Gasteiger partial charge in [-0.15, -0.1) is 0 Å². The predicted molar refractivity (Wildman–Crippen MR) is 66.5 cm³/mol. The SMILES string of the molecule is O=S(=O)(Cc1ccccn1)c1ccc(F)c(Cl)c1. The van der Waals surface area contributed by atoms with Gasteiger partial charge >= 0.3 is 0 Å². The van der Waals surface area contributed by atoms with Gasteiger partial charge in [0.2, 0.25) is 0 Å². The van der Waals surface area contributed by atoms with E-state index in [0.29, 0.717) is 5.69 Å². The molecule has 0 amide bonds. The third-order valence-corrected chi connectivity index (χ3v) is 4.25. The molecular formula is C12H9ClFNO2S. The van der Waals surface area contributed by atoms with Crippen molar-refractivity contribution in [1.29, 1.82) is 0 Å². The Morgan fingerprint density at radius 1 is 1.22 bits per heavy atom. The molecular weight excluding hydrogens is 277 g/mol.